The summed E-state index contributed by atoms with van der Waals surface area (Å²) in [4.78, 5) is 23.7. The van der Waals surface area contributed by atoms with E-state index in [2.05, 4.69) is 0 Å². The minimum absolute atomic E-state index is 0.177. The molecule has 0 atom stereocenters. The molecule has 1 rings (SSSR count). The van der Waals surface area contributed by atoms with E-state index in [4.69, 9.17) is 23.1 Å². The molecule has 5 nitrogen and oxygen atoms in total. The maximum Gasteiger partial charge on any atom is 0.257 e. The van der Waals surface area contributed by atoms with Crippen molar-refractivity contribution in [3.05, 3.63) is 28.8 Å². The second-order valence-electron chi connectivity index (χ2n) is 3.33. The average Bonchev–Trinajstić information content (AvgIpc) is 2.16. The minimum atomic E-state index is -0.596. The Morgan fingerprint density at radius 1 is 1.44 bits per heavy atom. The zero-order valence-corrected chi connectivity index (χ0v) is 9.49. The molecule has 1 aromatic carbocycles. The highest BCUT2D eigenvalue weighted by atomic mass is 35.5. The Kier molecular flexibility index (Phi) is 3.73. The van der Waals surface area contributed by atoms with Crippen molar-refractivity contribution in [1.29, 1.82) is 0 Å². The number of likely N-dealkylation sites (N-methyl/N-ethyl adjacent to an activating group) is 1. The molecule has 16 heavy (non-hydrogen) atoms. The number of hydrogen-bond acceptors (Lipinski definition) is 3. The Hall–Kier alpha value is -1.75. The molecule has 0 unspecified atom stereocenters. The zero-order valence-electron chi connectivity index (χ0n) is 8.74. The Bertz CT molecular complexity index is 414. The van der Waals surface area contributed by atoms with Gasteiger partial charge in [-0.2, -0.15) is 0 Å². The van der Waals surface area contributed by atoms with Crippen LogP contribution >= 0.6 is 11.6 Å². The summed E-state index contributed by atoms with van der Waals surface area (Å²) in [6.07, 6.45) is 0. The topological polar surface area (TPSA) is 89.4 Å². The van der Waals surface area contributed by atoms with Crippen LogP contribution in [0.25, 0.3) is 0 Å². The number of benzene rings is 1. The van der Waals surface area contributed by atoms with Gasteiger partial charge in [-0.1, -0.05) is 17.7 Å². The lowest BCUT2D eigenvalue weighted by Gasteiger charge is -2.17. The lowest BCUT2D eigenvalue weighted by Crippen LogP contribution is -2.35. The van der Waals surface area contributed by atoms with E-state index < -0.39 is 11.8 Å². The third-order valence-electron chi connectivity index (χ3n) is 2.00. The van der Waals surface area contributed by atoms with Gasteiger partial charge >= 0.3 is 0 Å². The Morgan fingerprint density at radius 2 is 2.06 bits per heavy atom. The molecule has 1 aromatic rings. The Balaban J connectivity index is 3.00. The van der Waals surface area contributed by atoms with E-state index in [-0.39, 0.29) is 22.8 Å². The van der Waals surface area contributed by atoms with E-state index >= 15 is 0 Å². The minimum Gasteiger partial charge on any atom is -0.398 e. The molecule has 2 amide bonds. The summed E-state index contributed by atoms with van der Waals surface area (Å²) in [5, 5.41) is 0.251. The first-order chi connectivity index (χ1) is 7.43. The lowest BCUT2D eigenvalue weighted by atomic mass is 10.1. The van der Waals surface area contributed by atoms with Gasteiger partial charge in [-0.05, 0) is 12.1 Å². The summed E-state index contributed by atoms with van der Waals surface area (Å²) in [6.45, 7) is -0.177. The van der Waals surface area contributed by atoms with Crippen molar-refractivity contribution in [2.45, 2.75) is 0 Å². The molecule has 0 fully saturated rings. The number of amides is 2. The van der Waals surface area contributed by atoms with Crippen molar-refractivity contribution >= 4 is 29.1 Å². The summed E-state index contributed by atoms with van der Waals surface area (Å²) in [6, 6.07) is 4.77. The average molecular weight is 242 g/mol. The molecule has 0 aliphatic heterocycles. The van der Waals surface area contributed by atoms with E-state index in [9.17, 15) is 9.59 Å². The number of nitrogen functional groups attached to an aromatic ring is 1. The van der Waals surface area contributed by atoms with Gasteiger partial charge in [-0.3, -0.25) is 9.59 Å². The smallest absolute Gasteiger partial charge is 0.257 e. The molecular formula is C10H12ClN3O2. The first-order valence-electron chi connectivity index (χ1n) is 4.51. The van der Waals surface area contributed by atoms with Gasteiger partial charge in [0.25, 0.3) is 5.91 Å². The number of nitrogens with two attached hydrogens (primary N) is 2. The molecule has 0 bridgehead atoms. The predicted octanol–water partition coefficient (Wildman–Crippen LogP) is 0.480. The number of hydrogen-bond donors (Lipinski definition) is 2. The molecule has 6 heteroatoms. The summed E-state index contributed by atoms with van der Waals surface area (Å²) in [7, 11) is 1.45. The van der Waals surface area contributed by atoms with Gasteiger partial charge in [-0.25, -0.2) is 0 Å². The first-order valence-corrected chi connectivity index (χ1v) is 4.89. The van der Waals surface area contributed by atoms with Crippen molar-refractivity contribution in [2.75, 3.05) is 19.3 Å². The molecule has 4 N–H and O–H groups in total. The molecular weight excluding hydrogens is 230 g/mol. The number of primary amides is 1. The SMILES string of the molecule is CN(CC(N)=O)C(=O)c1c(N)cccc1Cl. The van der Waals surface area contributed by atoms with E-state index in [0.29, 0.717) is 0 Å². The highest BCUT2D eigenvalue weighted by Crippen LogP contribution is 2.23. The van der Waals surface area contributed by atoms with Crippen LogP contribution in [0.1, 0.15) is 10.4 Å². The third-order valence-corrected chi connectivity index (χ3v) is 2.31. The number of rotatable bonds is 3. The maximum atomic E-state index is 11.9. The number of anilines is 1. The molecule has 0 aromatic heterocycles. The number of halogens is 1. The van der Waals surface area contributed by atoms with Crippen LogP contribution in [0, 0.1) is 0 Å². The molecule has 0 saturated carbocycles. The quantitative estimate of drug-likeness (QED) is 0.755. The summed E-state index contributed by atoms with van der Waals surface area (Å²) < 4.78 is 0. The van der Waals surface area contributed by atoms with E-state index in [1.165, 1.54) is 11.9 Å². The van der Waals surface area contributed by atoms with Crippen molar-refractivity contribution in [2.24, 2.45) is 5.73 Å². The van der Waals surface area contributed by atoms with Crippen LogP contribution in [0.2, 0.25) is 5.02 Å². The van der Waals surface area contributed by atoms with E-state index in [1.807, 2.05) is 0 Å². The Morgan fingerprint density at radius 3 is 2.56 bits per heavy atom. The second-order valence-corrected chi connectivity index (χ2v) is 3.74. The van der Waals surface area contributed by atoms with Gasteiger partial charge in [0.05, 0.1) is 17.1 Å². The van der Waals surface area contributed by atoms with Crippen molar-refractivity contribution < 1.29 is 9.59 Å². The van der Waals surface area contributed by atoms with Gasteiger partial charge < -0.3 is 16.4 Å². The van der Waals surface area contributed by atoms with Crippen LogP contribution in [0.4, 0.5) is 5.69 Å². The largest absolute Gasteiger partial charge is 0.398 e. The number of carbonyl (C=O) groups excluding carboxylic acids is 2. The fraction of sp³-hybridized carbons (Fsp3) is 0.200. The lowest BCUT2D eigenvalue weighted by molar-refractivity contribution is -0.118. The third kappa shape index (κ3) is 2.64. The van der Waals surface area contributed by atoms with Gasteiger partial charge in [0.1, 0.15) is 0 Å². The van der Waals surface area contributed by atoms with E-state index in [1.54, 1.807) is 18.2 Å². The molecule has 0 aliphatic carbocycles. The summed E-state index contributed by atoms with van der Waals surface area (Å²) >= 11 is 5.86. The summed E-state index contributed by atoms with van der Waals surface area (Å²) in [5.41, 5.74) is 11.1. The highest BCUT2D eigenvalue weighted by molar-refractivity contribution is 6.34. The second kappa shape index (κ2) is 4.85. The molecule has 0 radical (unpaired) electrons. The van der Waals surface area contributed by atoms with Crippen molar-refractivity contribution in [3.63, 3.8) is 0 Å². The van der Waals surface area contributed by atoms with Gasteiger partial charge in [0.2, 0.25) is 5.91 Å². The normalized spacial score (nSPS) is 9.88. The number of carbonyl (C=O) groups is 2. The monoisotopic (exact) mass is 241 g/mol. The van der Waals surface area contributed by atoms with E-state index in [0.717, 1.165) is 0 Å². The van der Waals surface area contributed by atoms with Crippen LogP contribution < -0.4 is 11.5 Å². The molecule has 86 valence electrons. The van der Waals surface area contributed by atoms with Crippen LogP contribution in [0.5, 0.6) is 0 Å². The van der Waals surface area contributed by atoms with Crippen molar-refractivity contribution in [1.82, 2.24) is 4.90 Å². The first kappa shape index (κ1) is 12.3. The molecule has 0 spiro atoms. The van der Waals surface area contributed by atoms with Crippen molar-refractivity contribution in [3.8, 4) is 0 Å². The standard InChI is InChI=1S/C10H12ClN3O2/c1-14(5-8(13)15)10(16)9-6(11)3-2-4-7(9)12/h2-4H,5,12H2,1H3,(H2,13,15). The molecule has 0 aliphatic rings. The van der Waals surface area contributed by atoms with Gasteiger partial charge in [-0.15, -0.1) is 0 Å². The fourth-order valence-corrected chi connectivity index (χ4v) is 1.53. The van der Waals surface area contributed by atoms with Gasteiger partial charge in [0.15, 0.2) is 0 Å². The fourth-order valence-electron chi connectivity index (χ4n) is 1.26. The number of nitrogens with zero attached hydrogens (tertiary/aromatic N) is 1. The zero-order chi connectivity index (χ0) is 12.3. The maximum absolute atomic E-state index is 11.9. The highest BCUT2D eigenvalue weighted by Gasteiger charge is 2.18. The van der Waals surface area contributed by atoms with Gasteiger partial charge in [0, 0.05) is 12.7 Å². The Labute approximate surface area is 98.0 Å². The summed E-state index contributed by atoms with van der Waals surface area (Å²) in [5.74, 6) is -1.02. The molecule has 0 saturated heterocycles. The predicted molar refractivity (Wildman–Crippen MR) is 62.0 cm³/mol. The van der Waals surface area contributed by atoms with Crippen LogP contribution in [0.15, 0.2) is 18.2 Å². The molecule has 0 heterocycles. The van der Waals surface area contributed by atoms with Crippen LogP contribution in [-0.4, -0.2) is 30.3 Å². The van der Waals surface area contributed by atoms with Crippen LogP contribution in [-0.2, 0) is 4.79 Å². The van der Waals surface area contributed by atoms with Crippen LogP contribution in [0.3, 0.4) is 0 Å².